The molecule has 0 aliphatic rings. The second-order valence-electron chi connectivity index (χ2n) is 1.95. The average Bonchev–Trinajstić information content (AvgIpc) is 1.82. The highest BCUT2D eigenvalue weighted by atomic mass is 16.5. The monoisotopic (exact) mass is 136 g/mol. The van der Waals surface area contributed by atoms with Crippen molar-refractivity contribution in [1.29, 1.82) is 0 Å². The summed E-state index contributed by atoms with van der Waals surface area (Å²) in [5.41, 5.74) is 0. The fourth-order valence-corrected chi connectivity index (χ4v) is 0.505. The van der Waals surface area contributed by atoms with Gasteiger partial charge in [0.15, 0.2) is 6.29 Å². The summed E-state index contributed by atoms with van der Waals surface area (Å²) in [4.78, 5) is 0. The first-order valence-corrected chi connectivity index (χ1v) is 2.78. The number of aliphatic hydroxyl groups is 4. The molecule has 0 aliphatic heterocycles. The number of aliphatic hydroxyl groups excluding tert-OH is 3. The van der Waals surface area contributed by atoms with E-state index in [9.17, 15) is 0 Å². The molecule has 0 saturated heterocycles. The zero-order valence-electron chi connectivity index (χ0n) is 5.06. The SMILES string of the molecule is OCC(CO)CC(O)O. The number of rotatable bonds is 4. The molecule has 0 rings (SSSR count). The van der Waals surface area contributed by atoms with Gasteiger partial charge in [0.1, 0.15) is 0 Å². The minimum absolute atomic E-state index is 0.0208. The maximum absolute atomic E-state index is 8.39. The van der Waals surface area contributed by atoms with E-state index in [1.807, 2.05) is 0 Å². The van der Waals surface area contributed by atoms with Crippen LogP contribution in [0.5, 0.6) is 0 Å². The van der Waals surface area contributed by atoms with Crippen LogP contribution in [0.15, 0.2) is 0 Å². The predicted molar refractivity (Wildman–Crippen MR) is 30.5 cm³/mol. The third kappa shape index (κ3) is 4.35. The van der Waals surface area contributed by atoms with Gasteiger partial charge in [0.25, 0.3) is 0 Å². The van der Waals surface area contributed by atoms with Crippen molar-refractivity contribution in [2.75, 3.05) is 13.2 Å². The molecule has 56 valence electrons. The zero-order chi connectivity index (χ0) is 7.28. The van der Waals surface area contributed by atoms with E-state index in [4.69, 9.17) is 20.4 Å². The Labute approximate surface area is 53.4 Å². The lowest BCUT2D eigenvalue weighted by Crippen LogP contribution is -2.18. The Morgan fingerprint density at radius 3 is 1.56 bits per heavy atom. The highest BCUT2D eigenvalue weighted by molar-refractivity contribution is 4.55. The van der Waals surface area contributed by atoms with Gasteiger partial charge in [-0.2, -0.15) is 0 Å². The van der Waals surface area contributed by atoms with Gasteiger partial charge < -0.3 is 20.4 Å². The molecule has 0 radical (unpaired) electrons. The van der Waals surface area contributed by atoms with Gasteiger partial charge in [0.2, 0.25) is 0 Å². The first kappa shape index (κ1) is 8.84. The highest BCUT2D eigenvalue weighted by Gasteiger charge is 2.09. The summed E-state index contributed by atoms with van der Waals surface area (Å²) < 4.78 is 0. The van der Waals surface area contributed by atoms with Gasteiger partial charge in [-0.3, -0.25) is 0 Å². The molecule has 0 bridgehead atoms. The van der Waals surface area contributed by atoms with Gasteiger partial charge >= 0.3 is 0 Å². The van der Waals surface area contributed by atoms with Gasteiger partial charge in [0.05, 0.1) is 0 Å². The molecule has 0 aromatic heterocycles. The molecule has 0 atom stereocenters. The molecule has 0 aliphatic carbocycles. The van der Waals surface area contributed by atoms with E-state index < -0.39 is 12.2 Å². The van der Waals surface area contributed by atoms with Crippen LogP contribution in [-0.2, 0) is 0 Å². The molecule has 0 amide bonds. The van der Waals surface area contributed by atoms with Gasteiger partial charge in [-0.05, 0) is 0 Å². The second-order valence-corrected chi connectivity index (χ2v) is 1.95. The quantitative estimate of drug-likeness (QED) is 0.347. The van der Waals surface area contributed by atoms with E-state index >= 15 is 0 Å². The topological polar surface area (TPSA) is 80.9 Å². The first-order chi connectivity index (χ1) is 4.20. The zero-order valence-corrected chi connectivity index (χ0v) is 5.06. The first-order valence-electron chi connectivity index (χ1n) is 2.78. The Hall–Kier alpha value is -0.160. The van der Waals surface area contributed by atoms with Crippen LogP contribution in [0.25, 0.3) is 0 Å². The van der Waals surface area contributed by atoms with Crippen molar-refractivity contribution in [3.63, 3.8) is 0 Å². The van der Waals surface area contributed by atoms with Crippen LogP contribution in [0.4, 0.5) is 0 Å². The molecule has 4 heteroatoms. The molecule has 0 saturated carbocycles. The van der Waals surface area contributed by atoms with E-state index in [0.717, 1.165) is 0 Å². The van der Waals surface area contributed by atoms with Gasteiger partial charge in [-0.1, -0.05) is 0 Å². The molecule has 0 aromatic carbocycles. The van der Waals surface area contributed by atoms with Crippen molar-refractivity contribution < 1.29 is 20.4 Å². The third-order valence-corrected chi connectivity index (χ3v) is 1.06. The summed E-state index contributed by atoms with van der Waals surface area (Å²) in [6.45, 7) is -0.428. The largest absolute Gasteiger partial charge is 0.396 e. The lowest BCUT2D eigenvalue weighted by atomic mass is 10.1. The second kappa shape index (κ2) is 4.69. The van der Waals surface area contributed by atoms with E-state index in [1.165, 1.54) is 0 Å². The minimum Gasteiger partial charge on any atom is -0.396 e. The van der Waals surface area contributed by atoms with E-state index in [1.54, 1.807) is 0 Å². The third-order valence-electron chi connectivity index (χ3n) is 1.06. The van der Waals surface area contributed by atoms with Crippen molar-refractivity contribution in [3.05, 3.63) is 0 Å². The average molecular weight is 136 g/mol. The van der Waals surface area contributed by atoms with E-state index in [0.29, 0.717) is 0 Å². The van der Waals surface area contributed by atoms with Crippen LogP contribution in [-0.4, -0.2) is 39.9 Å². The van der Waals surface area contributed by atoms with Gasteiger partial charge in [0, 0.05) is 25.6 Å². The molecule has 0 fully saturated rings. The van der Waals surface area contributed by atoms with Crippen LogP contribution < -0.4 is 0 Å². The Bertz CT molecular complexity index is 60.0. The maximum atomic E-state index is 8.39. The molecule has 0 aromatic rings. The molecular weight excluding hydrogens is 124 g/mol. The highest BCUT2D eigenvalue weighted by Crippen LogP contribution is 2.02. The normalized spacial score (nSPS) is 11.3. The maximum Gasteiger partial charge on any atom is 0.151 e. The molecule has 0 heterocycles. The van der Waals surface area contributed by atoms with Crippen molar-refractivity contribution in [2.24, 2.45) is 5.92 Å². The molecule has 4 N–H and O–H groups in total. The summed E-state index contributed by atoms with van der Waals surface area (Å²) >= 11 is 0. The van der Waals surface area contributed by atoms with E-state index in [2.05, 4.69) is 0 Å². The lowest BCUT2D eigenvalue weighted by molar-refractivity contribution is -0.0657. The summed E-state index contributed by atoms with van der Waals surface area (Å²) in [5, 5.41) is 33.4. The van der Waals surface area contributed by atoms with Gasteiger partial charge in [-0.25, -0.2) is 0 Å². The van der Waals surface area contributed by atoms with Crippen LogP contribution in [0.3, 0.4) is 0 Å². The fourth-order valence-electron chi connectivity index (χ4n) is 0.505. The summed E-state index contributed by atoms with van der Waals surface area (Å²) in [7, 11) is 0. The Kier molecular flexibility index (Phi) is 4.61. The van der Waals surface area contributed by atoms with Crippen LogP contribution in [0, 0.1) is 5.92 Å². The standard InChI is InChI=1S/C5H12O4/c6-2-4(3-7)1-5(8)9/h4-9H,1-3H2. The van der Waals surface area contributed by atoms with Crippen molar-refractivity contribution in [1.82, 2.24) is 0 Å². The smallest absolute Gasteiger partial charge is 0.151 e. The Morgan fingerprint density at radius 2 is 1.44 bits per heavy atom. The number of hydrogen-bond acceptors (Lipinski definition) is 4. The van der Waals surface area contributed by atoms with Crippen LogP contribution in [0.1, 0.15) is 6.42 Å². The molecular formula is C5H12O4. The van der Waals surface area contributed by atoms with Crippen molar-refractivity contribution in [2.45, 2.75) is 12.7 Å². The molecule has 0 spiro atoms. The van der Waals surface area contributed by atoms with Crippen LogP contribution in [0.2, 0.25) is 0 Å². The predicted octanol–water partition coefficient (Wildman–Crippen LogP) is -1.71. The van der Waals surface area contributed by atoms with Gasteiger partial charge in [-0.15, -0.1) is 0 Å². The lowest BCUT2D eigenvalue weighted by Gasteiger charge is -2.10. The van der Waals surface area contributed by atoms with Crippen molar-refractivity contribution >= 4 is 0 Å². The van der Waals surface area contributed by atoms with Crippen LogP contribution >= 0.6 is 0 Å². The summed E-state index contributed by atoms with van der Waals surface area (Å²) in [5.74, 6) is -0.412. The minimum atomic E-state index is -1.44. The Morgan fingerprint density at radius 1 is 1.00 bits per heavy atom. The number of hydrogen-bond donors (Lipinski definition) is 4. The Balaban J connectivity index is 3.31. The van der Waals surface area contributed by atoms with Crippen molar-refractivity contribution in [3.8, 4) is 0 Å². The molecule has 0 unspecified atom stereocenters. The van der Waals surface area contributed by atoms with E-state index in [-0.39, 0.29) is 19.6 Å². The molecule has 9 heavy (non-hydrogen) atoms. The molecule has 4 nitrogen and oxygen atoms in total. The summed E-state index contributed by atoms with van der Waals surface area (Å²) in [6, 6.07) is 0. The summed E-state index contributed by atoms with van der Waals surface area (Å²) in [6.07, 6.45) is -1.42. The fraction of sp³-hybridized carbons (Fsp3) is 1.00.